The summed E-state index contributed by atoms with van der Waals surface area (Å²) in [5, 5.41) is 22.0. The number of aromatic nitrogens is 2. The number of amides is 3. The van der Waals surface area contributed by atoms with Crippen molar-refractivity contribution in [1.29, 1.82) is 0 Å². The number of nitrogens with zero attached hydrogens (tertiary/aromatic N) is 2. The molecule has 0 aromatic carbocycles. The maximum atomic E-state index is 12.6. The molecular weight excluding hydrogens is 400 g/mol. The predicted octanol–water partition coefficient (Wildman–Crippen LogP) is -2.57. The van der Waals surface area contributed by atoms with Crippen LogP contribution < -0.4 is 16.4 Å². The standard InChI is InChI=1S/C17H24N6O7/c18-10(4-9-6-19-8-21-9)16(28)23-3-1-2-12(23)15(27)20-7-13(24)22-11(17(29)30)5-14(25)26/h6,8,10-12H,1-5,7,18H2,(H,19,21)(H,20,27)(H,22,24)(H,25,26)(H,29,30). The number of aliphatic carboxylic acids is 2. The molecule has 164 valence electrons. The highest BCUT2D eigenvalue weighted by Crippen LogP contribution is 2.19. The van der Waals surface area contributed by atoms with Crippen LogP contribution in [0.25, 0.3) is 0 Å². The van der Waals surface area contributed by atoms with E-state index in [9.17, 15) is 24.0 Å². The van der Waals surface area contributed by atoms with Crippen molar-refractivity contribution >= 4 is 29.7 Å². The second-order valence-corrected chi connectivity index (χ2v) is 6.85. The summed E-state index contributed by atoms with van der Waals surface area (Å²) >= 11 is 0. The first-order valence-electron chi connectivity index (χ1n) is 9.24. The van der Waals surface area contributed by atoms with E-state index >= 15 is 0 Å². The van der Waals surface area contributed by atoms with Crippen molar-refractivity contribution in [1.82, 2.24) is 25.5 Å². The normalized spacial score (nSPS) is 17.8. The van der Waals surface area contributed by atoms with Gasteiger partial charge in [-0.25, -0.2) is 9.78 Å². The number of carbonyl (C=O) groups is 5. The fourth-order valence-electron chi connectivity index (χ4n) is 3.14. The highest BCUT2D eigenvalue weighted by molar-refractivity contribution is 5.93. The number of hydrogen-bond donors (Lipinski definition) is 6. The minimum absolute atomic E-state index is 0.228. The van der Waals surface area contributed by atoms with Crippen LogP contribution in [0.2, 0.25) is 0 Å². The number of H-pyrrole nitrogens is 1. The van der Waals surface area contributed by atoms with E-state index in [0.29, 0.717) is 25.1 Å². The SMILES string of the molecule is NC(Cc1cnc[nH]1)C(=O)N1CCCC1C(=O)NCC(=O)NC(CC(=O)O)C(=O)O. The summed E-state index contributed by atoms with van der Waals surface area (Å²) in [6.07, 6.45) is 3.43. The maximum absolute atomic E-state index is 12.6. The molecule has 3 unspecified atom stereocenters. The van der Waals surface area contributed by atoms with E-state index in [2.05, 4.69) is 15.3 Å². The van der Waals surface area contributed by atoms with Crippen LogP contribution in [0.3, 0.4) is 0 Å². The molecule has 0 bridgehead atoms. The molecule has 1 saturated heterocycles. The smallest absolute Gasteiger partial charge is 0.326 e. The van der Waals surface area contributed by atoms with E-state index in [0.717, 1.165) is 0 Å². The molecule has 3 atom stereocenters. The first kappa shape index (κ1) is 22.8. The number of imidazole rings is 1. The maximum Gasteiger partial charge on any atom is 0.326 e. The molecule has 1 aliphatic heterocycles. The first-order chi connectivity index (χ1) is 14.2. The minimum Gasteiger partial charge on any atom is -0.481 e. The second kappa shape index (κ2) is 10.3. The molecule has 0 aliphatic carbocycles. The molecule has 2 rings (SSSR count). The third kappa shape index (κ3) is 6.27. The van der Waals surface area contributed by atoms with Gasteiger partial charge in [0.05, 0.1) is 25.3 Å². The van der Waals surface area contributed by atoms with Gasteiger partial charge in [0.2, 0.25) is 17.7 Å². The molecule has 7 N–H and O–H groups in total. The van der Waals surface area contributed by atoms with Crippen LogP contribution in [0.15, 0.2) is 12.5 Å². The van der Waals surface area contributed by atoms with Gasteiger partial charge < -0.3 is 36.5 Å². The zero-order chi connectivity index (χ0) is 22.3. The van der Waals surface area contributed by atoms with Gasteiger partial charge in [0.15, 0.2) is 0 Å². The second-order valence-electron chi connectivity index (χ2n) is 6.85. The van der Waals surface area contributed by atoms with Gasteiger partial charge in [-0.2, -0.15) is 0 Å². The molecule has 30 heavy (non-hydrogen) atoms. The van der Waals surface area contributed by atoms with Crippen molar-refractivity contribution in [2.45, 2.75) is 43.8 Å². The number of carboxylic acids is 2. The fraction of sp³-hybridized carbons (Fsp3) is 0.529. The van der Waals surface area contributed by atoms with Crippen LogP contribution in [-0.4, -0.2) is 86.0 Å². The third-order valence-corrected chi connectivity index (χ3v) is 4.59. The van der Waals surface area contributed by atoms with Crippen molar-refractivity contribution in [2.24, 2.45) is 5.73 Å². The number of nitrogens with one attached hydrogen (secondary N) is 3. The lowest BCUT2D eigenvalue weighted by molar-refractivity contribution is -0.147. The van der Waals surface area contributed by atoms with Crippen LogP contribution in [0.4, 0.5) is 0 Å². The summed E-state index contributed by atoms with van der Waals surface area (Å²) in [6.45, 7) is -0.208. The average molecular weight is 424 g/mol. The lowest BCUT2D eigenvalue weighted by Crippen LogP contribution is -2.53. The lowest BCUT2D eigenvalue weighted by Gasteiger charge is -2.26. The summed E-state index contributed by atoms with van der Waals surface area (Å²) < 4.78 is 0. The topological polar surface area (TPSA) is 208 Å². The molecule has 1 aromatic rings. The van der Waals surface area contributed by atoms with Gasteiger partial charge in [-0.3, -0.25) is 19.2 Å². The summed E-state index contributed by atoms with van der Waals surface area (Å²) in [4.78, 5) is 66.7. The molecule has 1 aromatic heterocycles. The van der Waals surface area contributed by atoms with Crippen molar-refractivity contribution in [2.75, 3.05) is 13.1 Å². The highest BCUT2D eigenvalue weighted by Gasteiger charge is 2.36. The van der Waals surface area contributed by atoms with Crippen LogP contribution in [0.5, 0.6) is 0 Å². The summed E-state index contributed by atoms with van der Waals surface area (Å²) in [6, 6.07) is -3.28. The summed E-state index contributed by atoms with van der Waals surface area (Å²) in [7, 11) is 0. The molecule has 13 heteroatoms. The van der Waals surface area contributed by atoms with E-state index < -0.39 is 60.8 Å². The molecule has 0 saturated carbocycles. The Kier molecular flexibility index (Phi) is 7.86. The third-order valence-electron chi connectivity index (χ3n) is 4.59. The monoisotopic (exact) mass is 424 g/mol. The lowest BCUT2D eigenvalue weighted by atomic mass is 10.1. The van der Waals surface area contributed by atoms with Crippen LogP contribution in [0.1, 0.15) is 25.0 Å². The van der Waals surface area contributed by atoms with Gasteiger partial charge in [0.25, 0.3) is 0 Å². The number of carbonyl (C=O) groups excluding carboxylic acids is 3. The van der Waals surface area contributed by atoms with E-state index in [1.54, 1.807) is 6.20 Å². The zero-order valence-corrected chi connectivity index (χ0v) is 16.0. The van der Waals surface area contributed by atoms with Gasteiger partial charge in [0, 0.05) is 24.9 Å². The number of likely N-dealkylation sites (tertiary alicyclic amines) is 1. The Morgan fingerprint density at radius 1 is 1.30 bits per heavy atom. The molecular formula is C17H24N6O7. The summed E-state index contributed by atoms with van der Waals surface area (Å²) in [5.74, 6) is -4.73. The Morgan fingerprint density at radius 3 is 2.63 bits per heavy atom. The minimum atomic E-state index is -1.61. The van der Waals surface area contributed by atoms with Gasteiger partial charge >= 0.3 is 11.9 Å². The zero-order valence-electron chi connectivity index (χ0n) is 16.0. The quantitative estimate of drug-likeness (QED) is 0.233. The molecule has 1 aliphatic rings. The Morgan fingerprint density at radius 2 is 2.03 bits per heavy atom. The Hall–Kier alpha value is -3.48. The van der Waals surface area contributed by atoms with Gasteiger partial charge in [0.1, 0.15) is 12.1 Å². The van der Waals surface area contributed by atoms with Crippen LogP contribution in [-0.2, 0) is 30.4 Å². The van der Waals surface area contributed by atoms with Crippen molar-refractivity contribution in [3.8, 4) is 0 Å². The Bertz CT molecular complexity index is 797. The van der Waals surface area contributed by atoms with Gasteiger partial charge in [-0.1, -0.05) is 0 Å². The highest BCUT2D eigenvalue weighted by atomic mass is 16.4. The van der Waals surface area contributed by atoms with Crippen molar-refractivity contribution in [3.05, 3.63) is 18.2 Å². The number of carboxylic acid groups (broad SMARTS) is 2. The van der Waals surface area contributed by atoms with Gasteiger partial charge in [-0.15, -0.1) is 0 Å². The van der Waals surface area contributed by atoms with Crippen molar-refractivity contribution in [3.63, 3.8) is 0 Å². The predicted molar refractivity (Wildman–Crippen MR) is 99.8 cm³/mol. The van der Waals surface area contributed by atoms with E-state index in [1.807, 2.05) is 5.32 Å². The Balaban J connectivity index is 1.87. The number of rotatable bonds is 10. The molecule has 2 heterocycles. The average Bonchev–Trinajstić information content (AvgIpc) is 3.36. The van der Waals surface area contributed by atoms with Gasteiger partial charge in [-0.05, 0) is 12.8 Å². The first-order valence-corrected chi connectivity index (χ1v) is 9.24. The van der Waals surface area contributed by atoms with E-state index in [1.165, 1.54) is 11.2 Å². The number of hydrogen-bond acceptors (Lipinski definition) is 7. The number of aromatic amines is 1. The summed E-state index contributed by atoms with van der Waals surface area (Å²) in [5.41, 5.74) is 6.64. The number of nitrogens with two attached hydrogens (primary N) is 1. The molecule has 1 fully saturated rings. The van der Waals surface area contributed by atoms with Crippen LogP contribution in [0, 0.1) is 0 Å². The fourth-order valence-corrected chi connectivity index (χ4v) is 3.14. The van der Waals surface area contributed by atoms with E-state index in [4.69, 9.17) is 15.9 Å². The Labute approximate surface area is 171 Å². The van der Waals surface area contributed by atoms with E-state index in [-0.39, 0.29) is 6.42 Å². The molecule has 3 amide bonds. The van der Waals surface area contributed by atoms with Crippen molar-refractivity contribution < 1.29 is 34.2 Å². The van der Waals surface area contributed by atoms with Crippen LogP contribution >= 0.6 is 0 Å². The molecule has 13 nitrogen and oxygen atoms in total. The molecule has 0 radical (unpaired) electrons. The largest absolute Gasteiger partial charge is 0.481 e. The molecule has 0 spiro atoms.